The van der Waals surface area contributed by atoms with Gasteiger partial charge < -0.3 is 15.2 Å². The third-order valence-electron chi connectivity index (χ3n) is 3.30. The van der Waals surface area contributed by atoms with E-state index in [4.69, 9.17) is 4.74 Å². The van der Waals surface area contributed by atoms with Crippen molar-refractivity contribution in [3.63, 3.8) is 0 Å². The number of thiophene rings is 1. The average molecular weight is 255 g/mol. The van der Waals surface area contributed by atoms with E-state index in [1.807, 2.05) is 24.4 Å². The summed E-state index contributed by atoms with van der Waals surface area (Å²) in [5, 5.41) is 15.8. The minimum atomic E-state index is -0.783. The van der Waals surface area contributed by atoms with Gasteiger partial charge in [0.1, 0.15) is 5.60 Å². The molecule has 0 amide bonds. The largest absolute Gasteiger partial charge is 0.383 e. The molecule has 0 bridgehead atoms. The summed E-state index contributed by atoms with van der Waals surface area (Å²) in [5.41, 5.74) is -0.783. The maximum Gasteiger partial charge on any atom is 0.108 e. The molecule has 1 aliphatic rings. The summed E-state index contributed by atoms with van der Waals surface area (Å²) in [6, 6.07) is 4.34. The van der Waals surface area contributed by atoms with Crippen LogP contribution in [0.15, 0.2) is 17.5 Å². The van der Waals surface area contributed by atoms with Crippen LogP contribution in [0.3, 0.4) is 0 Å². The summed E-state index contributed by atoms with van der Waals surface area (Å²) in [5.74, 6) is 0.731. The van der Waals surface area contributed by atoms with Crippen molar-refractivity contribution in [1.82, 2.24) is 5.32 Å². The Morgan fingerprint density at radius 2 is 2.41 bits per heavy atom. The SMILES string of the molecule is COCC(NCC(C)(O)c1cccs1)C1CC1. The van der Waals surface area contributed by atoms with E-state index in [1.54, 1.807) is 18.4 Å². The summed E-state index contributed by atoms with van der Waals surface area (Å²) in [4.78, 5) is 1.01. The standard InChI is InChI=1S/C13H21NO2S/c1-13(15,12-4-3-7-17-12)9-14-11(8-16-2)10-5-6-10/h3-4,7,10-11,14-15H,5-6,8-9H2,1-2H3. The molecular weight excluding hydrogens is 234 g/mol. The lowest BCUT2D eigenvalue weighted by Crippen LogP contribution is -2.43. The van der Waals surface area contributed by atoms with Crippen molar-refractivity contribution in [2.75, 3.05) is 20.3 Å². The minimum absolute atomic E-state index is 0.381. The maximum atomic E-state index is 10.4. The van der Waals surface area contributed by atoms with E-state index >= 15 is 0 Å². The Labute approximate surface area is 107 Å². The predicted molar refractivity (Wildman–Crippen MR) is 70.3 cm³/mol. The molecule has 3 nitrogen and oxygen atoms in total. The van der Waals surface area contributed by atoms with Gasteiger partial charge in [0.05, 0.1) is 6.61 Å². The van der Waals surface area contributed by atoms with E-state index in [0.717, 1.165) is 17.4 Å². The lowest BCUT2D eigenvalue weighted by atomic mass is 10.0. The predicted octanol–water partition coefficient (Wildman–Crippen LogP) is 1.97. The Balaban J connectivity index is 1.87. The van der Waals surface area contributed by atoms with Gasteiger partial charge in [0.2, 0.25) is 0 Å². The number of rotatable bonds is 7. The quantitative estimate of drug-likeness (QED) is 0.782. The molecule has 1 aromatic heterocycles. The van der Waals surface area contributed by atoms with E-state index in [-0.39, 0.29) is 0 Å². The Hall–Kier alpha value is -0.420. The van der Waals surface area contributed by atoms with Gasteiger partial charge in [-0.25, -0.2) is 0 Å². The molecule has 1 heterocycles. The molecule has 2 N–H and O–H groups in total. The topological polar surface area (TPSA) is 41.5 Å². The third kappa shape index (κ3) is 3.52. The molecule has 2 atom stereocenters. The van der Waals surface area contributed by atoms with E-state index in [2.05, 4.69) is 5.32 Å². The van der Waals surface area contributed by atoms with Crippen LogP contribution < -0.4 is 5.32 Å². The Morgan fingerprint density at radius 3 is 2.94 bits per heavy atom. The lowest BCUT2D eigenvalue weighted by molar-refractivity contribution is 0.0506. The van der Waals surface area contributed by atoms with Crippen LogP contribution >= 0.6 is 11.3 Å². The molecule has 2 unspecified atom stereocenters. The van der Waals surface area contributed by atoms with Gasteiger partial charge in [0, 0.05) is 24.6 Å². The van der Waals surface area contributed by atoms with Gasteiger partial charge in [-0.2, -0.15) is 0 Å². The number of hydrogen-bond donors (Lipinski definition) is 2. The maximum absolute atomic E-state index is 10.4. The second kappa shape index (κ2) is 5.48. The van der Waals surface area contributed by atoms with E-state index in [0.29, 0.717) is 12.6 Å². The van der Waals surface area contributed by atoms with Crippen molar-refractivity contribution in [3.05, 3.63) is 22.4 Å². The molecule has 0 spiro atoms. The summed E-state index contributed by atoms with van der Waals surface area (Å²) in [6.07, 6.45) is 2.56. The van der Waals surface area contributed by atoms with Gasteiger partial charge in [-0.15, -0.1) is 11.3 Å². The fourth-order valence-corrected chi connectivity index (χ4v) is 2.83. The molecule has 1 saturated carbocycles. The van der Waals surface area contributed by atoms with E-state index in [9.17, 15) is 5.11 Å². The van der Waals surface area contributed by atoms with Crippen LogP contribution in [-0.4, -0.2) is 31.4 Å². The molecule has 0 radical (unpaired) electrons. The second-order valence-electron chi connectivity index (χ2n) is 5.03. The van der Waals surface area contributed by atoms with E-state index in [1.165, 1.54) is 12.8 Å². The Kier molecular flexibility index (Phi) is 4.20. The van der Waals surface area contributed by atoms with Crippen molar-refractivity contribution < 1.29 is 9.84 Å². The zero-order chi connectivity index (χ0) is 12.3. The lowest BCUT2D eigenvalue weighted by Gasteiger charge is -2.26. The van der Waals surface area contributed by atoms with Crippen molar-refractivity contribution in [3.8, 4) is 0 Å². The summed E-state index contributed by atoms with van der Waals surface area (Å²) in [7, 11) is 1.73. The van der Waals surface area contributed by atoms with Crippen LogP contribution in [0.5, 0.6) is 0 Å². The molecule has 0 saturated heterocycles. The summed E-state index contributed by atoms with van der Waals surface area (Å²) < 4.78 is 5.22. The highest BCUT2D eigenvalue weighted by Crippen LogP contribution is 2.33. The molecule has 0 aliphatic heterocycles. The monoisotopic (exact) mass is 255 g/mol. The van der Waals surface area contributed by atoms with Crippen LogP contribution in [0.25, 0.3) is 0 Å². The zero-order valence-corrected chi connectivity index (χ0v) is 11.3. The molecule has 4 heteroatoms. The first-order valence-electron chi connectivity index (χ1n) is 6.12. The fourth-order valence-electron chi connectivity index (χ4n) is 2.04. The van der Waals surface area contributed by atoms with Gasteiger partial charge in [0.25, 0.3) is 0 Å². The first-order valence-corrected chi connectivity index (χ1v) is 7.00. The molecule has 2 rings (SSSR count). The number of methoxy groups -OCH3 is 1. The molecule has 96 valence electrons. The molecule has 0 aromatic carbocycles. The molecule has 1 fully saturated rings. The van der Waals surface area contributed by atoms with Crippen molar-refractivity contribution in [1.29, 1.82) is 0 Å². The van der Waals surface area contributed by atoms with Crippen molar-refractivity contribution >= 4 is 11.3 Å². The van der Waals surface area contributed by atoms with Crippen LogP contribution in [0.2, 0.25) is 0 Å². The van der Waals surface area contributed by atoms with E-state index < -0.39 is 5.60 Å². The van der Waals surface area contributed by atoms with Gasteiger partial charge in [0.15, 0.2) is 0 Å². The summed E-state index contributed by atoms with van der Waals surface area (Å²) in [6.45, 7) is 3.17. The fraction of sp³-hybridized carbons (Fsp3) is 0.692. The second-order valence-corrected chi connectivity index (χ2v) is 5.98. The normalized spacial score (nSPS) is 21.1. The van der Waals surface area contributed by atoms with Gasteiger partial charge in [-0.3, -0.25) is 0 Å². The van der Waals surface area contributed by atoms with Gasteiger partial charge in [-0.05, 0) is 37.1 Å². The summed E-state index contributed by atoms with van der Waals surface area (Å²) >= 11 is 1.60. The Morgan fingerprint density at radius 1 is 1.65 bits per heavy atom. The van der Waals surface area contributed by atoms with Crippen LogP contribution in [-0.2, 0) is 10.3 Å². The molecular formula is C13H21NO2S. The molecule has 17 heavy (non-hydrogen) atoms. The number of nitrogens with one attached hydrogen (secondary N) is 1. The van der Waals surface area contributed by atoms with Gasteiger partial charge in [-0.1, -0.05) is 6.07 Å². The van der Waals surface area contributed by atoms with Crippen molar-refractivity contribution in [2.24, 2.45) is 5.92 Å². The average Bonchev–Trinajstić information content (AvgIpc) is 2.97. The third-order valence-corrected chi connectivity index (χ3v) is 4.42. The highest BCUT2D eigenvalue weighted by Gasteiger charge is 2.33. The number of aliphatic hydroxyl groups is 1. The van der Waals surface area contributed by atoms with Gasteiger partial charge >= 0.3 is 0 Å². The Bertz CT molecular complexity index is 333. The first-order chi connectivity index (χ1) is 8.13. The molecule has 1 aliphatic carbocycles. The van der Waals surface area contributed by atoms with Crippen LogP contribution in [0.1, 0.15) is 24.6 Å². The smallest absolute Gasteiger partial charge is 0.108 e. The highest BCUT2D eigenvalue weighted by molar-refractivity contribution is 7.10. The first kappa shape index (κ1) is 13.0. The number of hydrogen-bond acceptors (Lipinski definition) is 4. The highest BCUT2D eigenvalue weighted by atomic mass is 32.1. The number of ether oxygens (including phenoxy) is 1. The zero-order valence-electron chi connectivity index (χ0n) is 10.5. The van der Waals surface area contributed by atoms with Crippen molar-refractivity contribution in [2.45, 2.75) is 31.4 Å². The van der Waals surface area contributed by atoms with Crippen LogP contribution in [0.4, 0.5) is 0 Å². The molecule has 1 aromatic rings. The van der Waals surface area contributed by atoms with Crippen LogP contribution in [0, 0.1) is 5.92 Å². The minimum Gasteiger partial charge on any atom is -0.383 e.